The van der Waals surface area contributed by atoms with Gasteiger partial charge in [-0.25, -0.2) is 5.23 Å². The van der Waals surface area contributed by atoms with Gasteiger partial charge in [0.2, 0.25) is 0 Å². The minimum atomic E-state index is -0.250. The van der Waals surface area contributed by atoms with Crippen LogP contribution in [0.3, 0.4) is 0 Å². The van der Waals surface area contributed by atoms with Crippen molar-refractivity contribution in [3.05, 3.63) is 10.1 Å². The second-order valence-electron chi connectivity index (χ2n) is 0.923. The van der Waals surface area contributed by atoms with Gasteiger partial charge in [-0.15, -0.1) is 4.91 Å². The van der Waals surface area contributed by atoms with E-state index >= 15 is 0 Å². The number of nitrogens with zero attached hydrogens (tertiary/aromatic N) is 2. The minimum Gasteiger partial charge on any atom is -0.761 e. The zero-order valence-corrected chi connectivity index (χ0v) is 4.33. The molecule has 0 aromatic carbocycles. The first-order valence-electron chi connectivity index (χ1n) is 1.85. The Morgan fingerprint density at radius 1 is 2.00 bits per heavy atom. The molecular formula is C2H6N3O3-. The van der Waals surface area contributed by atoms with Crippen molar-refractivity contribution in [1.82, 2.24) is 10.7 Å². The third kappa shape index (κ3) is 3.47. The molecule has 8 heavy (non-hydrogen) atoms. The van der Waals surface area contributed by atoms with Crippen LogP contribution >= 0.6 is 0 Å². The fourth-order valence-electron chi connectivity index (χ4n) is 0.151. The molecule has 0 aromatic heterocycles. The second-order valence-corrected chi connectivity index (χ2v) is 0.923. The Morgan fingerprint density at radius 2 is 2.62 bits per heavy atom. The van der Waals surface area contributed by atoms with E-state index in [4.69, 9.17) is 0 Å². The molecule has 0 amide bonds. The highest BCUT2D eigenvalue weighted by atomic mass is 16.9. The van der Waals surface area contributed by atoms with Gasteiger partial charge in [0.05, 0.1) is 19.1 Å². The zero-order valence-electron chi connectivity index (χ0n) is 4.33. The summed E-state index contributed by atoms with van der Waals surface area (Å²) in [5.74, 6) is 0. The summed E-state index contributed by atoms with van der Waals surface area (Å²) in [6, 6.07) is 0. The normalized spacial score (nSPS) is 9.38. The van der Waals surface area contributed by atoms with Gasteiger partial charge in [-0.05, 0) is 0 Å². The fourth-order valence-corrected chi connectivity index (χ4v) is 0.151. The smallest absolute Gasteiger partial charge is 0.0986 e. The lowest BCUT2D eigenvalue weighted by Gasteiger charge is -2.22. The van der Waals surface area contributed by atoms with Crippen LogP contribution in [0.4, 0.5) is 0 Å². The highest BCUT2D eigenvalue weighted by Crippen LogP contribution is 1.76. The molecule has 0 rings (SSSR count). The predicted molar refractivity (Wildman–Crippen MR) is 26.0 cm³/mol. The molecule has 48 valence electrons. The van der Waals surface area contributed by atoms with E-state index in [1.54, 1.807) is 0 Å². The van der Waals surface area contributed by atoms with Gasteiger partial charge >= 0.3 is 0 Å². The van der Waals surface area contributed by atoms with Crippen LogP contribution in [0.1, 0.15) is 0 Å². The van der Waals surface area contributed by atoms with Crippen LogP contribution in [-0.2, 0) is 4.84 Å². The lowest BCUT2D eigenvalue weighted by atomic mass is 11.2. The summed E-state index contributed by atoms with van der Waals surface area (Å²) >= 11 is 0. The van der Waals surface area contributed by atoms with Crippen molar-refractivity contribution in [1.29, 1.82) is 0 Å². The summed E-state index contributed by atoms with van der Waals surface area (Å²) in [6.45, 7) is -0.250. The maximum Gasteiger partial charge on any atom is 0.0986 e. The molecule has 0 radical (unpaired) electrons. The first kappa shape index (κ1) is 7.28. The van der Waals surface area contributed by atoms with Crippen molar-refractivity contribution in [3.63, 3.8) is 0 Å². The monoisotopic (exact) mass is 120 g/mol. The Labute approximate surface area is 45.9 Å². The quantitative estimate of drug-likeness (QED) is 0.309. The molecule has 0 fully saturated rings. The van der Waals surface area contributed by atoms with Crippen LogP contribution in [-0.4, -0.2) is 19.0 Å². The van der Waals surface area contributed by atoms with E-state index in [9.17, 15) is 10.1 Å². The van der Waals surface area contributed by atoms with Crippen LogP contribution in [0.25, 0.3) is 0 Å². The van der Waals surface area contributed by atoms with Crippen LogP contribution in [0.15, 0.2) is 5.29 Å². The first-order chi connectivity index (χ1) is 3.81. The van der Waals surface area contributed by atoms with E-state index < -0.39 is 0 Å². The molecule has 0 heterocycles. The van der Waals surface area contributed by atoms with Gasteiger partial charge in [-0.2, -0.15) is 0 Å². The van der Waals surface area contributed by atoms with Gasteiger partial charge in [-0.3, -0.25) is 5.43 Å². The van der Waals surface area contributed by atoms with Gasteiger partial charge in [-0.1, -0.05) is 0 Å². The molecule has 0 saturated carbocycles. The Balaban J connectivity index is 2.97. The lowest BCUT2D eigenvalue weighted by molar-refractivity contribution is -0.0925. The summed E-state index contributed by atoms with van der Waals surface area (Å²) < 4.78 is 0. The molecule has 0 atom stereocenters. The van der Waals surface area contributed by atoms with Crippen molar-refractivity contribution in [2.45, 2.75) is 0 Å². The molecule has 0 aromatic rings. The summed E-state index contributed by atoms with van der Waals surface area (Å²) in [6.07, 6.45) is 0. The number of hydrogen-bond acceptors (Lipinski definition) is 5. The average molecular weight is 120 g/mol. The molecule has 6 heteroatoms. The van der Waals surface area contributed by atoms with Gasteiger partial charge in [0, 0.05) is 0 Å². The lowest BCUT2D eigenvalue weighted by Crippen LogP contribution is -2.24. The molecule has 1 N–H and O–H groups in total. The number of rotatable bonds is 4. The second kappa shape index (κ2) is 4.44. The molecule has 0 saturated heterocycles. The fraction of sp³-hybridized carbons (Fsp3) is 1.00. The third-order valence-corrected chi connectivity index (χ3v) is 0.468. The highest BCUT2D eigenvalue weighted by Gasteiger charge is 1.81. The molecule has 0 aliphatic carbocycles. The largest absolute Gasteiger partial charge is 0.761 e. The van der Waals surface area contributed by atoms with Crippen LogP contribution in [0.2, 0.25) is 0 Å². The van der Waals surface area contributed by atoms with Crippen LogP contribution in [0, 0.1) is 10.1 Å². The van der Waals surface area contributed by atoms with Crippen molar-refractivity contribution < 1.29 is 4.84 Å². The summed E-state index contributed by atoms with van der Waals surface area (Å²) in [5.41, 5.74) is 1.86. The van der Waals surface area contributed by atoms with E-state index in [1.165, 1.54) is 7.11 Å². The van der Waals surface area contributed by atoms with Gasteiger partial charge in [0.25, 0.3) is 0 Å². The summed E-state index contributed by atoms with van der Waals surface area (Å²) in [7, 11) is 1.19. The average Bonchev–Trinajstić information content (AvgIpc) is 1.83. The maximum absolute atomic E-state index is 10.0. The van der Waals surface area contributed by atoms with E-state index in [-0.39, 0.29) is 11.9 Å². The van der Waals surface area contributed by atoms with Crippen LogP contribution < -0.4 is 5.43 Å². The molecule has 6 nitrogen and oxygen atoms in total. The van der Waals surface area contributed by atoms with E-state index in [2.05, 4.69) is 10.1 Å². The van der Waals surface area contributed by atoms with Crippen molar-refractivity contribution in [3.8, 4) is 0 Å². The Hall–Kier alpha value is -0.720. The zero-order chi connectivity index (χ0) is 6.41. The Kier molecular flexibility index (Phi) is 4.04. The van der Waals surface area contributed by atoms with Gasteiger partial charge in [0.1, 0.15) is 0 Å². The van der Waals surface area contributed by atoms with Gasteiger partial charge < -0.3 is 10.0 Å². The third-order valence-electron chi connectivity index (χ3n) is 0.468. The van der Waals surface area contributed by atoms with Gasteiger partial charge in [0.15, 0.2) is 0 Å². The first-order valence-corrected chi connectivity index (χ1v) is 1.85. The number of nitroso groups, excluding NO2 is 1. The minimum absolute atomic E-state index is 0.182. The topological polar surface area (TPSA) is 77.0 Å². The number of nitrogens with one attached hydrogen (secondary N) is 1. The van der Waals surface area contributed by atoms with E-state index in [1.807, 2.05) is 5.43 Å². The molecule has 0 aliphatic heterocycles. The van der Waals surface area contributed by atoms with Crippen LogP contribution in [0.5, 0.6) is 0 Å². The molecular weight excluding hydrogens is 114 g/mol. The highest BCUT2D eigenvalue weighted by molar-refractivity contribution is 4.35. The maximum atomic E-state index is 10.0. The molecule has 0 aliphatic rings. The SMILES string of the molecule is CON([O-])CNN=O. The van der Waals surface area contributed by atoms with E-state index in [0.29, 0.717) is 0 Å². The standard InChI is InChI=1S/C2H6N3O3/c1-8-5(7)2-3-4-6/h2H2,1H3,(H,3,6)/q-1. The summed E-state index contributed by atoms with van der Waals surface area (Å²) in [5, 5.41) is 12.4. The van der Waals surface area contributed by atoms with Crippen molar-refractivity contribution in [2.24, 2.45) is 5.29 Å². The summed E-state index contributed by atoms with van der Waals surface area (Å²) in [4.78, 5) is 13.3. The number of hydrogen-bond donors (Lipinski definition) is 1. The van der Waals surface area contributed by atoms with E-state index in [0.717, 1.165) is 0 Å². The number of hydroxylamine groups is 2. The van der Waals surface area contributed by atoms with Crippen molar-refractivity contribution in [2.75, 3.05) is 13.8 Å². The Morgan fingerprint density at radius 3 is 3.00 bits per heavy atom. The molecule has 0 unspecified atom stereocenters. The van der Waals surface area contributed by atoms with Crippen molar-refractivity contribution >= 4 is 0 Å². The Bertz CT molecular complexity index is 67.5. The molecule has 0 bridgehead atoms. The molecule has 0 spiro atoms. The predicted octanol–water partition coefficient (Wildman–Crippen LogP) is -0.424.